The van der Waals surface area contributed by atoms with Crippen LogP contribution in [0.2, 0.25) is 0 Å². The Morgan fingerprint density at radius 3 is 2.28 bits per heavy atom. The van der Waals surface area contributed by atoms with E-state index in [1.54, 1.807) is 18.2 Å². The van der Waals surface area contributed by atoms with Crippen LogP contribution < -0.4 is 10.6 Å². The van der Waals surface area contributed by atoms with Gasteiger partial charge in [0.15, 0.2) is 0 Å². The molecule has 2 aromatic carbocycles. The zero-order valence-electron chi connectivity index (χ0n) is 13.2. The van der Waals surface area contributed by atoms with Crippen molar-refractivity contribution in [3.05, 3.63) is 71.4 Å². The molecular formula is C18H14F3N3O. The summed E-state index contributed by atoms with van der Waals surface area (Å²) in [4.78, 5) is 12.1. The third kappa shape index (κ3) is 4.61. The lowest BCUT2D eigenvalue weighted by Crippen LogP contribution is -2.18. The predicted octanol–water partition coefficient (Wildman–Crippen LogP) is 4.47. The maximum atomic E-state index is 13.0. The molecule has 0 radical (unpaired) electrons. The molecule has 0 heterocycles. The van der Waals surface area contributed by atoms with E-state index in [2.05, 4.69) is 10.6 Å². The van der Waals surface area contributed by atoms with Gasteiger partial charge in [-0.05, 0) is 30.7 Å². The topological polar surface area (TPSA) is 64.9 Å². The lowest BCUT2D eigenvalue weighted by Gasteiger charge is -2.13. The Hall–Kier alpha value is -3.27. The second kappa shape index (κ2) is 7.53. The maximum Gasteiger partial charge on any atom is 0.418 e. The van der Waals surface area contributed by atoms with Crippen LogP contribution in [0.1, 0.15) is 11.1 Å². The Kier molecular flexibility index (Phi) is 5.45. The largest absolute Gasteiger partial charge is 0.418 e. The Bertz CT molecular complexity index is 851. The minimum atomic E-state index is -4.61. The van der Waals surface area contributed by atoms with E-state index in [0.29, 0.717) is 5.69 Å². The average molecular weight is 345 g/mol. The van der Waals surface area contributed by atoms with Gasteiger partial charge >= 0.3 is 6.18 Å². The average Bonchev–Trinajstić information content (AvgIpc) is 2.56. The SMILES string of the molecule is Cc1ccccc1N/C=C(/C#N)C(=O)Nc1ccccc1C(F)(F)F. The minimum Gasteiger partial charge on any atom is -0.360 e. The van der Waals surface area contributed by atoms with E-state index in [1.165, 1.54) is 12.1 Å². The van der Waals surface area contributed by atoms with Crippen LogP contribution in [-0.4, -0.2) is 5.91 Å². The summed E-state index contributed by atoms with van der Waals surface area (Å²) in [5.41, 5.74) is -0.164. The molecule has 7 heteroatoms. The number of benzene rings is 2. The normalized spacial score (nSPS) is 11.6. The van der Waals surface area contributed by atoms with Crippen LogP contribution in [0.3, 0.4) is 0 Å². The molecule has 0 saturated heterocycles. The van der Waals surface area contributed by atoms with Crippen LogP contribution in [-0.2, 0) is 11.0 Å². The zero-order chi connectivity index (χ0) is 18.4. The van der Waals surface area contributed by atoms with Crippen molar-refractivity contribution in [2.45, 2.75) is 13.1 Å². The third-order valence-corrected chi connectivity index (χ3v) is 3.36. The predicted molar refractivity (Wildman–Crippen MR) is 88.6 cm³/mol. The Balaban J connectivity index is 2.21. The lowest BCUT2D eigenvalue weighted by molar-refractivity contribution is -0.137. The Labute approximate surface area is 142 Å². The maximum absolute atomic E-state index is 13.0. The third-order valence-electron chi connectivity index (χ3n) is 3.36. The van der Waals surface area contributed by atoms with Crippen molar-refractivity contribution < 1.29 is 18.0 Å². The van der Waals surface area contributed by atoms with Crippen molar-refractivity contribution in [2.24, 2.45) is 0 Å². The molecular weight excluding hydrogens is 331 g/mol. The van der Waals surface area contributed by atoms with E-state index in [9.17, 15) is 18.0 Å². The van der Waals surface area contributed by atoms with Crippen LogP contribution in [0, 0.1) is 18.3 Å². The number of para-hydroxylation sites is 2. The van der Waals surface area contributed by atoms with Gasteiger partial charge in [0.2, 0.25) is 0 Å². The number of amides is 1. The highest BCUT2D eigenvalue weighted by atomic mass is 19.4. The number of rotatable bonds is 4. The molecule has 0 unspecified atom stereocenters. The summed E-state index contributed by atoms with van der Waals surface area (Å²) in [6, 6.07) is 13.4. The van der Waals surface area contributed by atoms with Gasteiger partial charge in [0.05, 0.1) is 11.3 Å². The molecule has 4 nitrogen and oxygen atoms in total. The second-order valence-corrected chi connectivity index (χ2v) is 5.13. The standard InChI is InChI=1S/C18H14F3N3O/c1-12-6-2-4-8-15(12)23-11-13(10-22)17(25)24-16-9-5-3-7-14(16)18(19,20)21/h2-9,11,23H,1H3,(H,24,25)/b13-11-. The van der Waals surface area contributed by atoms with Crippen molar-refractivity contribution in [2.75, 3.05) is 10.6 Å². The summed E-state index contributed by atoms with van der Waals surface area (Å²) in [5, 5.41) is 14.0. The van der Waals surface area contributed by atoms with Gasteiger partial charge in [0.1, 0.15) is 11.6 Å². The van der Waals surface area contributed by atoms with Gasteiger partial charge in [0, 0.05) is 11.9 Å². The fourth-order valence-electron chi connectivity index (χ4n) is 2.06. The number of aryl methyl sites for hydroxylation is 1. The number of carbonyl (C=O) groups is 1. The molecule has 0 aromatic heterocycles. The Morgan fingerprint density at radius 1 is 1.08 bits per heavy atom. The van der Waals surface area contributed by atoms with Gasteiger partial charge in [0.25, 0.3) is 5.91 Å². The highest BCUT2D eigenvalue weighted by Gasteiger charge is 2.33. The van der Waals surface area contributed by atoms with Gasteiger partial charge in [-0.3, -0.25) is 4.79 Å². The number of alkyl halides is 3. The highest BCUT2D eigenvalue weighted by Crippen LogP contribution is 2.34. The second-order valence-electron chi connectivity index (χ2n) is 5.13. The van der Waals surface area contributed by atoms with Gasteiger partial charge in [-0.15, -0.1) is 0 Å². The van der Waals surface area contributed by atoms with Crippen molar-refractivity contribution in [3.63, 3.8) is 0 Å². The van der Waals surface area contributed by atoms with Crippen LogP contribution >= 0.6 is 0 Å². The molecule has 0 aliphatic carbocycles. The van der Waals surface area contributed by atoms with Gasteiger partial charge in [-0.1, -0.05) is 30.3 Å². The van der Waals surface area contributed by atoms with E-state index >= 15 is 0 Å². The number of anilines is 2. The van der Waals surface area contributed by atoms with Crippen LogP contribution in [0.15, 0.2) is 60.3 Å². The quantitative estimate of drug-likeness (QED) is 0.635. The molecule has 0 bridgehead atoms. The molecule has 0 aliphatic heterocycles. The summed E-state index contributed by atoms with van der Waals surface area (Å²) in [6.45, 7) is 1.84. The molecule has 128 valence electrons. The van der Waals surface area contributed by atoms with E-state index in [4.69, 9.17) is 5.26 Å². The first kappa shape index (κ1) is 18.1. The van der Waals surface area contributed by atoms with E-state index in [0.717, 1.165) is 23.9 Å². The molecule has 0 saturated carbocycles. The lowest BCUT2D eigenvalue weighted by atomic mass is 10.1. The number of nitrogens with one attached hydrogen (secondary N) is 2. The number of hydrogen-bond acceptors (Lipinski definition) is 3. The molecule has 2 aromatic rings. The van der Waals surface area contributed by atoms with Gasteiger partial charge in [-0.2, -0.15) is 18.4 Å². The van der Waals surface area contributed by atoms with Crippen LogP contribution in [0.5, 0.6) is 0 Å². The molecule has 2 N–H and O–H groups in total. The molecule has 25 heavy (non-hydrogen) atoms. The molecule has 2 rings (SSSR count). The number of halogens is 3. The number of carbonyl (C=O) groups excluding carboxylic acids is 1. The van der Waals surface area contributed by atoms with Crippen LogP contribution in [0.4, 0.5) is 24.5 Å². The minimum absolute atomic E-state index is 0.347. The summed E-state index contributed by atoms with van der Waals surface area (Å²) in [5.74, 6) is -0.930. The van der Waals surface area contributed by atoms with Crippen molar-refractivity contribution in [1.82, 2.24) is 0 Å². The first-order valence-corrected chi connectivity index (χ1v) is 7.23. The first-order chi connectivity index (χ1) is 11.8. The van der Waals surface area contributed by atoms with Crippen LogP contribution in [0.25, 0.3) is 0 Å². The monoisotopic (exact) mass is 345 g/mol. The summed E-state index contributed by atoms with van der Waals surface area (Å²) >= 11 is 0. The van der Waals surface area contributed by atoms with E-state index in [1.807, 2.05) is 19.1 Å². The van der Waals surface area contributed by atoms with Gasteiger partial charge < -0.3 is 10.6 Å². The molecule has 0 spiro atoms. The van der Waals surface area contributed by atoms with E-state index in [-0.39, 0.29) is 5.57 Å². The summed E-state index contributed by atoms with van der Waals surface area (Å²) < 4.78 is 38.9. The number of hydrogen-bond donors (Lipinski definition) is 2. The molecule has 1 amide bonds. The van der Waals surface area contributed by atoms with Gasteiger partial charge in [-0.25, -0.2) is 0 Å². The summed E-state index contributed by atoms with van der Waals surface area (Å²) in [6.07, 6.45) is -3.45. The van der Waals surface area contributed by atoms with Crippen molar-refractivity contribution >= 4 is 17.3 Å². The smallest absolute Gasteiger partial charge is 0.360 e. The number of nitrogens with zero attached hydrogens (tertiary/aromatic N) is 1. The molecule has 0 aliphatic rings. The fourth-order valence-corrected chi connectivity index (χ4v) is 2.06. The first-order valence-electron chi connectivity index (χ1n) is 7.23. The molecule has 0 fully saturated rings. The zero-order valence-corrected chi connectivity index (χ0v) is 13.2. The highest BCUT2D eigenvalue weighted by molar-refractivity contribution is 6.07. The summed E-state index contributed by atoms with van der Waals surface area (Å²) in [7, 11) is 0. The Morgan fingerprint density at radius 2 is 1.68 bits per heavy atom. The fraction of sp³-hybridized carbons (Fsp3) is 0.111. The van der Waals surface area contributed by atoms with Crippen molar-refractivity contribution in [1.29, 1.82) is 5.26 Å². The molecule has 0 atom stereocenters. The van der Waals surface area contributed by atoms with Crippen molar-refractivity contribution in [3.8, 4) is 6.07 Å². The van der Waals surface area contributed by atoms with E-state index < -0.39 is 23.3 Å². The number of nitriles is 1.